The van der Waals surface area contributed by atoms with Crippen LogP contribution in [0.4, 0.5) is 5.69 Å². The highest BCUT2D eigenvalue weighted by atomic mass is 35.5. The molecule has 0 fully saturated rings. The Bertz CT molecular complexity index is 392. The summed E-state index contributed by atoms with van der Waals surface area (Å²) in [6.45, 7) is 0. The second-order valence-corrected chi connectivity index (χ2v) is 5.10. The van der Waals surface area contributed by atoms with E-state index < -0.39 is 4.84 Å². The van der Waals surface area contributed by atoms with E-state index in [9.17, 15) is 4.79 Å². The number of benzene rings is 1. The van der Waals surface area contributed by atoms with E-state index in [4.69, 9.17) is 23.2 Å². The third-order valence-electron chi connectivity index (χ3n) is 2.83. The molecule has 1 aromatic carbocycles. The Hall–Kier alpha value is -0.730. The molecule has 1 atom stereocenters. The number of ketones is 1. The molecule has 86 valence electrons. The first-order valence-corrected chi connectivity index (χ1v) is 6.19. The summed E-state index contributed by atoms with van der Waals surface area (Å²) in [5.41, 5.74) is 2.42. The number of hydrogen-bond acceptors (Lipinski definition) is 2. The first kappa shape index (κ1) is 11.7. The lowest BCUT2D eigenvalue weighted by Crippen LogP contribution is -2.29. The molecular formula is C12H13Cl2NO. The van der Waals surface area contributed by atoms with Crippen LogP contribution >= 0.6 is 23.2 Å². The highest BCUT2D eigenvalue weighted by Crippen LogP contribution is 2.26. The van der Waals surface area contributed by atoms with Crippen LogP contribution in [0.3, 0.4) is 0 Å². The molecule has 1 unspecified atom stereocenters. The molecule has 1 N–H and O–H groups in total. The van der Waals surface area contributed by atoms with E-state index >= 15 is 0 Å². The van der Waals surface area contributed by atoms with Crippen LogP contribution in [0, 0.1) is 0 Å². The number of halogens is 2. The molecule has 1 aliphatic rings. The Morgan fingerprint density at radius 2 is 2.19 bits per heavy atom. The number of hydrogen-bond donors (Lipinski definition) is 1. The van der Waals surface area contributed by atoms with Crippen molar-refractivity contribution >= 4 is 34.7 Å². The summed E-state index contributed by atoms with van der Waals surface area (Å²) in [6.07, 6.45) is 2.34. The monoisotopic (exact) mass is 257 g/mol. The summed E-state index contributed by atoms with van der Waals surface area (Å²) in [4.78, 5) is 10.5. The summed E-state index contributed by atoms with van der Waals surface area (Å²) in [5, 5.41) is 3.34. The molecule has 0 bridgehead atoms. The summed E-state index contributed by atoms with van der Waals surface area (Å²) in [6, 6.07) is 8.31. The van der Waals surface area contributed by atoms with E-state index in [1.807, 2.05) is 18.2 Å². The van der Waals surface area contributed by atoms with E-state index in [1.165, 1.54) is 5.56 Å². The number of alkyl halides is 2. The number of aryl methyl sites for hydroxylation is 1. The Morgan fingerprint density at radius 1 is 1.44 bits per heavy atom. The zero-order valence-corrected chi connectivity index (χ0v) is 10.3. The molecule has 0 aromatic heterocycles. The van der Waals surface area contributed by atoms with Crippen LogP contribution < -0.4 is 5.32 Å². The smallest absolute Gasteiger partial charge is 0.167 e. The van der Waals surface area contributed by atoms with Gasteiger partial charge in [-0.2, -0.15) is 0 Å². The van der Waals surface area contributed by atoms with Crippen LogP contribution in [0.15, 0.2) is 24.3 Å². The van der Waals surface area contributed by atoms with Crippen molar-refractivity contribution in [3.8, 4) is 0 Å². The van der Waals surface area contributed by atoms with Gasteiger partial charge in [0.25, 0.3) is 0 Å². The highest BCUT2D eigenvalue weighted by Gasteiger charge is 2.22. The summed E-state index contributed by atoms with van der Waals surface area (Å²) >= 11 is 11.1. The van der Waals surface area contributed by atoms with Gasteiger partial charge in [0, 0.05) is 18.2 Å². The quantitative estimate of drug-likeness (QED) is 0.843. The van der Waals surface area contributed by atoms with Crippen LogP contribution in [-0.4, -0.2) is 16.7 Å². The number of anilines is 1. The first-order valence-electron chi connectivity index (χ1n) is 5.32. The molecule has 1 aliphatic heterocycles. The topological polar surface area (TPSA) is 29.1 Å². The average Bonchev–Trinajstić information content (AvgIpc) is 2.28. The molecule has 0 aliphatic carbocycles. The molecule has 1 heterocycles. The van der Waals surface area contributed by atoms with Crippen molar-refractivity contribution in [1.29, 1.82) is 0 Å². The first-order chi connectivity index (χ1) is 7.66. The fraction of sp³-hybridized carbons (Fsp3) is 0.417. The Labute approximate surface area is 105 Å². The van der Waals surface area contributed by atoms with Gasteiger partial charge in [-0.3, -0.25) is 4.79 Å². The molecule has 0 saturated carbocycles. The minimum absolute atomic E-state index is 0.111. The van der Waals surface area contributed by atoms with Gasteiger partial charge in [-0.15, -0.1) is 0 Å². The maximum Gasteiger partial charge on any atom is 0.167 e. The van der Waals surface area contributed by atoms with Gasteiger partial charge >= 0.3 is 0 Å². The van der Waals surface area contributed by atoms with Gasteiger partial charge in [-0.05, 0) is 24.5 Å². The number of carbonyl (C=O) groups is 1. The van der Waals surface area contributed by atoms with Crippen molar-refractivity contribution in [1.82, 2.24) is 0 Å². The van der Waals surface area contributed by atoms with Crippen molar-refractivity contribution < 1.29 is 4.79 Å². The fourth-order valence-corrected chi connectivity index (χ4v) is 2.16. The molecule has 4 heteroatoms. The Morgan fingerprint density at radius 3 is 2.94 bits per heavy atom. The summed E-state index contributed by atoms with van der Waals surface area (Å²) < 4.78 is 0. The molecule has 1 aromatic rings. The average molecular weight is 258 g/mol. The largest absolute Gasteiger partial charge is 0.382 e. The lowest BCUT2D eigenvalue weighted by molar-refractivity contribution is -0.117. The zero-order chi connectivity index (χ0) is 11.5. The van der Waals surface area contributed by atoms with Gasteiger partial charge in [-0.1, -0.05) is 41.4 Å². The number of Topliss-reactive ketones (excluding diaryl/α,β-unsaturated/α-hetero) is 1. The molecule has 0 amide bonds. The molecule has 0 saturated heterocycles. The van der Waals surface area contributed by atoms with Crippen molar-refractivity contribution in [2.75, 3.05) is 5.32 Å². The lowest BCUT2D eigenvalue weighted by atomic mass is 9.95. The van der Waals surface area contributed by atoms with Gasteiger partial charge < -0.3 is 5.32 Å². The predicted molar refractivity (Wildman–Crippen MR) is 67.3 cm³/mol. The maximum absolute atomic E-state index is 11.4. The second kappa shape index (κ2) is 5.07. The summed E-state index contributed by atoms with van der Waals surface area (Å²) in [7, 11) is 0. The van der Waals surface area contributed by atoms with E-state index in [0.29, 0.717) is 6.42 Å². The van der Waals surface area contributed by atoms with E-state index in [-0.39, 0.29) is 11.8 Å². The van der Waals surface area contributed by atoms with Crippen molar-refractivity contribution in [2.45, 2.75) is 30.1 Å². The predicted octanol–water partition coefficient (Wildman–Crippen LogP) is 3.18. The number of fused-ring (bicyclic) bond motifs is 1. The Balaban J connectivity index is 2.00. The van der Waals surface area contributed by atoms with Gasteiger partial charge in [0.05, 0.1) is 0 Å². The van der Waals surface area contributed by atoms with E-state index in [0.717, 1.165) is 18.5 Å². The lowest BCUT2D eigenvalue weighted by Gasteiger charge is -2.26. The van der Waals surface area contributed by atoms with Crippen LogP contribution in [0.25, 0.3) is 0 Å². The molecule has 0 spiro atoms. The minimum Gasteiger partial charge on any atom is -0.382 e. The standard InChI is InChI=1S/C12H13Cl2NO/c13-12(14)11(16)7-9-6-5-8-3-1-2-4-10(8)15-9/h1-4,9,12,15H,5-7H2. The minimum atomic E-state index is -0.904. The third-order valence-corrected chi connectivity index (χ3v) is 3.32. The molecular weight excluding hydrogens is 245 g/mol. The van der Waals surface area contributed by atoms with Crippen LogP contribution in [0.1, 0.15) is 18.4 Å². The van der Waals surface area contributed by atoms with Gasteiger partial charge in [-0.25, -0.2) is 0 Å². The molecule has 16 heavy (non-hydrogen) atoms. The van der Waals surface area contributed by atoms with E-state index in [2.05, 4.69) is 11.4 Å². The number of para-hydroxylation sites is 1. The van der Waals surface area contributed by atoms with Crippen molar-refractivity contribution in [3.05, 3.63) is 29.8 Å². The third kappa shape index (κ3) is 2.69. The van der Waals surface area contributed by atoms with Gasteiger partial charge in [0.2, 0.25) is 0 Å². The van der Waals surface area contributed by atoms with Crippen LogP contribution in [0.5, 0.6) is 0 Å². The highest BCUT2D eigenvalue weighted by molar-refractivity contribution is 6.53. The van der Waals surface area contributed by atoms with Gasteiger partial charge in [0.1, 0.15) is 0 Å². The molecule has 0 radical (unpaired) electrons. The van der Waals surface area contributed by atoms with Crippen molar-refractivity contribution in [3.63, 3.8) is 0 Å². The second-order valence-electron chi connectivity index (χ2n) is 4.01. The fourth-order valence-electron chi connectivity index (χ4n) is 1.99. The SMILES string of the molecule is O=C(CC1CCc2ccccc2N1)C(Cl)Cl. The normalized spacial score (nSPS) is 19.1. The number of rotatable bonds is 3. The van der Waals surface area contributed by atoms with Crippen LogP contribution in [0.2, 0.25) is 0 Å². The summed E-state index contributed by atoms with van der Waals surface area (Å²) in [5.74, 6) is -0.111. The van der Waals surface area contributed by atoms with E-state index in [1.54, 1.807) is 0 Å². The molecule has 2 nitrogen and oxygen atoms in total. The number of carbonyl (C=O) groups excluding carboxylic acids is 1. The molecule has 2 rings (SSSR count). The zero-order valence-electron chi connectivity index (χ0n) is 8.75. The van der Waals surface area contributed by atoms with Crippen molar-refractivity contribution in [2.24, 2.45) is 0 Å². The Kier molecular flexibility index (Phi) is 3.72. The maximum atomic E-state index is 11.4. The van der Waals surface area contributed by atoms with Gasteiger partial charge in [0.15, 0.2) is 10.6 Å². The van der Waals surface area contributed by atoms with Crippen LogP contribution in [-0.2, 0) is 11.2 Å². The number of nitrogens with one attached hydrogen (secondary N) is 1.